The van der Waals surface area contributed by atoms with Crippen molar-refractivity contribution in [3.8, 4) is 5.75 Å². The second kappa shape index (κ2) is 5.93. The van der Waals surface area contributed by atoms with E-state index in [2.05, 4.69) is 0 Å². The fourth-order valence-electron chi connectivity index (χ4n) is 1.63. The smallest absolute Gasteiger partial charge is 0.140 e. The van der Waals surface area contributed by atoms with Gasteiger partial charge in [0, 0.05) is 11.6 Å². The zero-order valence-electron chi connectivity index (χ0n) is 9.77. The minimum atomic E-state index is -0.229. The summed E-state index contributed by atoms with van der Waals surface area (Å²) in [5, 5.41) is 4.91. The summed E-state index contributed by atoms with van der Waals surface area (Å²) in [5.41, 5.74) is 7.01. The number of benzene rings is 1. The van der Waals surface area contributed by atoms with Gasteiger partial charge >= 0.3 is 0 Å². The molecule has 0 bridgehead atoms. The summed E-state index contributed by atoms with van der Waals surface area (Å²) in [4.78, 5) is 0. The minimum Gasteiger partial charge on any atom is -0.482 e. The second-order valence-electron chi connectivity index (χ2n) is 4.01. The molecule has 1 aromatic carbocycles. The van der Waals surface area contributed by atoms with Crippen LogP contribution in [0.5, 0.6) is 5.75 Å². The molecule has 2 atom stereocenters. The Bertz CT molecular complexity index is 514. The van der Waals surface area contributed by atoms with E-state index in [-0.39, 0.29) is 12.1 Å². The van der Waals surface area contributed by atoms with Crippen LogP contribution in [0.2, 0.25) is 10.0 Å². The van der Waals surface area contributed by atoms with Crippen LogP contribution in [0.1, 0.15) is 18.6 Å². The van der Waals surface area contributed by atoms with Gasteiger partial charge in [0.05, 0.1) is 5.02 Å². The number of hydrogen-bond acceptors (Lipinski definition) is 3. The van der Waals surface area contributed by atoms with E-state index in [1.54, 1.807) is 29.5 Å². The molecule has 18 heavy (non-hydrogen) atoms. The summed E-state index contributed by atoms with van der Waals surface area (Å²) in [6.45, 7) is 1.90. The van der Waals surface area contributed by atoms with Gasteiger partial charge in [-0.15, -0.1) is 0 Å². The molecule has 0 fully saturated rings. The molecule has 5 heteroatoms. The number of halogens is 2. The number of rotatable bonds is 4. The molecule has 2 nitrogen and oxygen atoms in total. The van der Waals surface area contributed by atoms with E-state index < -0.39 is 0 Å². The third kappa shape index (κ3) is 2.98. The predicted octanol–water partition coefficient (Wildman–Crippen LogP) is 4.52. The van der Waals surface area contributed by atoms with Crippen LogP contribution in [0.3, 0.4) is 0 Å². The van der Waals surface area contributed by atoms with Gasteiger partial charge in [0.1, 0.15) is 16.9 Å². The lowest BCUT2D eigenvalue weighted by Gasteiger charge is -2.22. The van der Waals surface area contributed by atoms with Crippen molar-refractivity contribution in [3.63, 3.8) is 0 Å². The lowest BCUT2D eigenvalue weighted by atomic mass is 10.1. The zero-order chi connectivity index (χ0) is 13.1. The topological polar surface area (TPSA) is 35.2 Å². The Morgan fingerprint density at radius 2 is 2.06 bits per heavy atom. The summed E-state index contributed by atoms with van der Waals surface area (Å²) >= 11 is 13.7. The highest BCUT2D eigenvalue weighted by molar-refractivity contribution is 7.07. The van der Waals surface area contributed by atoms with Crippen LogP contribution in [0.15, 0.2) is 35.0 Å². The van der Waals surface area contributed by atoms with Crippen LogP contribution < -0.4 is 10.5 Å². The maximum atomic E-state index is 6.11. The van der Waals surface area contributed by atoms with Gasteiger partial charge in [-0.25, -0.2) is 0 Å². The number of ether oxygens (including phenoxy) is 1. The molecule has 0 saturated heterocycles. The molecule has 1 heterocycles. The third-order valence-corrected chi connectivity index (χ3v) is 4.02. The van der Waals surface area contributed by atoms with Crippen molar-refractivity contribution >= 4 is 34.5 Å². The van der Waals surface area contributed by atoms with Gasteiger partial charge in [-0.1, -0.05) is 29.3 Å². The van der Waals surface area contributed by atoms with E-state index in [0.29, 0.717) is 15.8 Å². The molecule has 0 saturated carbocycles. The van der Waals surface area contributed by atoms with Crippen molar-refractivity contribution in [2.75, 3.05) is 0 Å². The Labute approximate surface area is 120 Å². The molecule has 0 aliphatic heterocycles. The molecule has 2 unspecified atom stereocenters. The van der Waals surface area contributed by atoms with Gasteiger partial charge in [0.15, 0.2) is 0 Å². The Balaban J connectivity index is 2.27. The lowest BCUT2D eigenvalue weighted by Crippen LogP contribution is -2.28. The first-order chi connectivity index (χ1) is 8.59. The maximum Gasteiger partial charge on any atom is 0.140 e. The van der Waals surface area contributed by atoms with E-state index >= 15 is 0 Å². The first kappa shape index (κ1) is 13.7. The largest absolute Gasteiger partial charge is 0.482 e. The summed E-state index contributed by atoms with van der Waals surface area (Å²) in [5.74, 6) is 0.553. The van der Waals surface area contributed by atoms with Crippen molar-refractivity contribution in [2.24, 2.45) is 5.73 Å². The Morgan fingerprint density at radius 1 is 1.28 bits per heavy atom. The highest BCUT2D eigenvalue weighted by Gasteiger charge is 2.20. The molecule has 0 spiro atoms. The first-order valence-electron chi connectivity index (χ1n) is 5.48. The van der Waals surface area contributed by atoms with Crippen LogP contribution in [-0.4, -0.2) is 6.04 Å². The van der Waals surface area contributed by atoms with Crippen molar-refractivity contribution in [1.82, 2.24) is 0 Å². The van der Waals surface area contributed by atoms with Gasteiger partial charge in [-0.3, -0.25) is 0 Å². The summed E-state index contributed by atoms with van der Waals surface area (Å²) in [7, 11) is 0. The molecule has 2 rings (SSSR count). The van der Waals surface area contributed by atoms with Gasteiger partial charge in [-0.05, 0) is 35.9 Å². The standard InChI is InChI=1S/C13H13Cl2NOS/c1-8(16)13(9-5-6-18-7-9)17-11-4-2-3-10(14)12(11)15/h2-8,13H,16H2,1H3. The van der Waals surface area contributed by atoms with Gasteiger partial charge < -0.3 is 10.5 Å². The van der Waals surface area contributed by atoms with Gasteiger partial charge in [-0.2, -0.15) is 11.3 Å². The Morgan fingerprint density at radius 3 is 2.67 bits per heavy atom. The molecule has 0 aliphatic carbocycles. The molecule has 1 aromatic heterocycles. The monoisotopic (exact) mass is 301 g/mol. The molecule has 0 radical (unpaired) electrons. The number of hydrogen-bond donors (Lipinski definition) is 1. The van der Waals surface area contributed by atoms with E-state index in [0.717, 1.165) is 5.56 Å². The lowest BCUT2D eigenvalue weighted by molar-refractivity contribution is 0.181. The van der Waals surface area contributed by atoms with Crippen molar-refractivity contribution in [1.29, 1.82) is 0 Å². The molecule has 0 aliphatic rings. The van der Waals surface area contributed by atoms with Gasteiger partial charge in [0.2, 0.25) is 0 Å². The van der Waals surface area contributed by atoms with Crippen molar-refractivity contribution < 1.29 is 4.74 Å². The summed E-state index contributed by atoms with van der Waals surface area (Å²) in [6, 6.07) is 7.17. The van der Waals surface area contributed by atoms with Crippen LogP contribution >= 0.6 is 34.5 Å². The maximum absolute atomic E-state index is 6.11. The van der Waals surface area contributed by atoms with Crippen molar-refractivity contribution in [3.05, 3.63) is 50.6 Å². The average Bonchev–Trinajstić information content (AvgIpc) is 2.84. The van der Waals surface area contributed by atoms with Crippen LogP contribution in [0.25, 0.3) is 0 Å². The van der Waals surface area contributed by atoms with E-state index in [4.69, 9.17) is 33.7 Å². The van der Waals surface area contributed by atoms with Gasteiger partial charge in [0.25, 0.3) is 0 Å². The van der Waals surface area contributed by atoms with E-state index in [9.17, 15) is 0 Å². The highest BCUT2D eigenvalue weighted by Crippen LogP contribution is 2.35. The number of nitrogens with two attached hydrogens (primary N) is 1. The predicted molar refractivity (Wildman–Crippen MR) is 77.8 cm³/mol. The first-order valence-corrected chi connectivity index (χ1v) is 7.18. The number of thiophene rings is 1. The average molecular weight is 302 g/mol. The summed E-state index contributed by atoms with van der Waals surface area (Å²) in [6.07, 6.45) is -0.229. The normalized spacial score (nSPS) is 14.2. The van der Waals surface area contributed by atoms with E-state index in [1.165, 1.54) is 0 Å². The fraction of sp³-hybridized carbons (Fsp3) is 0.231. The van der Waals surface area contributed by atoms with Crippen LogP contribution in [-0.2, 0) is 0 Å². The quantitative estimate of drug-likeness (QED) is 0.901. The van der Waals surface area contributed by atoms with Crippen LogP contribution in [0.4, 0.5) is 0 Å². The molecule has 96 valence electrons. The van der Waals surface area contributed by atoms with Crippen molar-refractivity contribution in [2.45, 2.75) is 19.1 Å². The van der Waals surface area contributed by atoms with Crippen LogP contribution in [0, 0.1) is 0 Å². The minimum absolute atomic E-state index is 0.144. The fourth-order valence-corrected chi connectivity index (χ4v) is 2.65. The SMILES string of the molecule is CC(N)C(Oc1cccc(Cl)c1Cl)c1ccsc1. The molecule has 2 N–H and O–H groups in total. The molecule has 2 aromatic rings. The summed E-state index contributed by atoms with van der Waals surface area (Å²) < 4.78 is 5.90. The Hall–Kier alpha value is -0.740. The van der Waals surface area contributed by atoms with E-state index in [1.807, 2.05) is 23.8 Å². The second-order valence-corrected chi connectivity index (χ2v) is 5.57. The molecular weight excluding hydrogens is 289 g/mol. The third-order valence-electron chi connectivity index (χ3n) is 2.52. The Kier molecular flexibility index (Phi) is 4.51. The molecule has 0 amide bonds. The zero-order valence-corrected chi connectivity index (χ0v) is 12.1. The molecular formula is C13H13Cl2NOS. The highest BCUT2D eigenvalue weighted by atomic mass is 35.5.